The largest absolute Gasteiger partial charge is 0.450 e. The topological polar surface area (TPSA) is 38.3 Å². The molecule has 0 fully saturated rings. The summed E-state index contributed by atoms with van der Waals surface area (Å²) in [7, 11) is 0. The Morgan fingerprint density at radius 2 is 2.06 bits per heavy atom. The Bertz CT molecular complexity index is 599. The fourth-order valence-corrected chi connectivity index (χ4v) is 1.65. The van der Waals surface area contributed by atoms with E-state index in [4.69, 9.17) is 0 Å². The van der Waals surface area contributed by atoms with E-state index in [0.717, 1.165) is 0 Å². The number of halogens is 2. The third-order valence-corrected chi connectivity index (χ3v) is 2.44. The molecule has 3 nitrogen and oxygen atoms in total. The number of benzene rings is 2. The molecule has 0 aliphatic carbocycles. The first-order chi connectivity index (χ1) is 8.63. The Labute approximate surface area is 102 Å². The lowest BCUT2D eigenvalue weighted by Crippen LogP contribution is -2.15. The molecule has 94 valence electrons. The third kappa shape index (κ3) is 2.25. The number of rotatable bonds is 2. The molecule has 18 heavy (non-hydrogen) atoms. The zero-order chi connectivity index (χ0) is 13.1. The highest BCUT2D eigenvalue weighted by Crippen LogP contribution is 2.27. The first-order valence-electron chi connectivity index (χ1n) is 5.44. The molecule has 0 saturated heterocycles. The Kier molecular flexibility index (Phi) is 3.41. The van der Waals surface area contributed by atoms with Crippen molar-refractivity contribution in [2.24, 2.45) is 0 Å². The molecule has 0 unspecified atom stereocenters. The molecule has 2 aromatic carbocycles. The number of hydrogen-bond acceptors (Lipinski definition) is 2. The van der Waals surface area contributed by atoms with Gasteiger partial charge in [-0.25, -0.2) is 13.6 Å². The standard InChI is InChI=1S/C13H11F2NO2/c1-2-18-13(17)16-12-10(14)7-8-5-3-4-6-9(8)11(12)15/h3-7H,2H2,1H3,(H,16,17). The SMILES string of the molecule is CCOC(=O)Nc1c(F)cc2ccccc2c1F. The molecule has 0 aliphatic heterocycles. The molecular formula is C13H11F2NO2. The molecule has 0 bridgehead atoms. The van der Waals surface area contributed by atoms with Crippen LogP contribution in [0.1, 0.15) is 6.92 Å². The van der Waals surface area contributed by atoms with E-state index in [1.807, 2.05) is 0 Å². The number of carbonyl (C=O) groups excluding carboxylic acids is 1. The van der Waals surface area contributed by atoms with Crippen LogP contribution in [0.5, 0.6) is 0 Å². The number of carbonyl (C=O) groups is 1. The van der Waals surface area contributed by atoms with Crippen LogP contribution in [0.3, 0.4) is 0 Å². The number of ether oxygens (including phenoxy) is 1. The second kappa shape index (κ2) is 5.00. The Morgan fingerprint density at radius 3 is 2.78 bits per heavy atom. The third-order valence-electron chi connectivity index (χ3n) is 2.44. The zero-order valence-electron chi connectivity index (χ0n) is 9.67. The van der Waals surface area contributed by atoms with E-state index >= 15 is 0 Å². The Balaban J connectivity index is 2.47. The minimum Gasteiger partial charge on any atom is -0.450 e. The number of amides is 1. The smallest absolute Gasteiger partial charge is 0.411 e. The van der Waals surface area contributed by atoms with Gasteiger partial charge in [0, 0.05) is 5.39 Å². The minimum atomic E-state index is -0.884. The summed E-state index contributed by atoms with van der Waals surface area (Å²) < 4.78 is 32.3. The van der Waals surface area contributed by atoms with Gasteiger partial charge in [0.1, 0.15) is 11.5 Å². The van der Waals surface area contributed by atoms with Crippen LogP contribution in [0.2, 0.25) is 0 Å². The lowest BCUT2D eigenvalue weighted by Gasteiger charge is -2.09. The van der Waals surface area contributed by atoms with Crippen LogP contribution in [0.15, 0.2) is 30.3 Å². The van der Waals surface area contributed by atoms with Crippen molar-refractivity contribution in [2.45, 2.75) is 6.92 Å². The van der Waals surface area contributed by atoms with Crippen molar-refractivity contribution >= 4 is 22.6 Å². The van der Waals surface area contributed by atoms with Crippen molar-refractivity contribution in [2.75, 3.05) is 11.9 Å². The van der Waals surface area contributed by atoms with Crippen LogP contribution in [0.4, 0.5) is 19.3 Å². The highest BCUT2D eigenvalue weighted by Gasteiger charge is 2.16. The van der Waals surface area contributed by atoms with Gasteiger partial charge in [0.15, 0.2) is 5.82 Å². The van der Waals surface area contributed by atoms with E-state index in [9.17, 15) is 13.6 Å². The molecule has 0 aromatic heterocycles. The van der Waals surface area contributed by atoms with Crippen LogP contribution in [-0.4, -0.2) is 12.7 Å². The van der Waals surface area contributed by atoms with E-state index < -0.39 is 23.4 Å². The molecule has 2 aromatic rings. The van der Waals surface area contributed by atoms with Gasteiger partial charge in [-0.1, -0.05) is 24.3 Å². The van der Waals surface area contributed by atoms with Gasteiger partial charge in [0.25, 0.3) is 0 Å². The average Bonchev–Trinajstić information content (AvgIpc) is 2.35. The summed E-state index contributed by atoms with van der Waals surface area (Å²) in [5.41, 5.74) is -0.493. The van der Waals surface area contributed by atoms with Crippen molar-refractivity contribution in [1.29, 1.82) is 0 Å². The maximum atomic E-state index is 14.0. The molecular weight excluding hydrogens is 240 g/mol. The molecule has 0 spiro atoms. The molecule has 0 heterocycles. The molecule has 0 aliphatic rings. The summed E-state index contributed by atoms with van der Waals surface area (Å²) in [4.78, 5) is 11.2. The first-order valence-corrected chi connectivity index (χ1v) is 5.44. The van der Waals surface area contributed by atoms with E-state index in [2.05, 4.69) is 10.1 Å². The summed E-state index contributed by atoms with van der Waals surface area (Å²) in [5.74, 6) is -1.64. The average molecular weight is 251 g/mol. The quantitative estimate of drug-likeness (QED) is 0.884. The summed E-state index contributed by atoms with van der Waals surface area (Å²) >= 11 is 0. The fourth-order valence-electron chi connectivity index (χ4n) is 1.65. The van der Waals surface area contributed by atoms with Gasteiger partial charge in [0.2, 0.25) is 0 Å². The monoisotopic (exact) mass is 251 g/mol. The normalized spacial score (nSPS) is 10.4. The van der Waals surface area contributed by atoms with Crippen LogP contribution in [0.25, 0.3) is 10.8 Å². The number of nitrogens with one attached hydrogen (secondary N) is 1. The summed E-state index contributed by atoms with van der Waals surface area (Å²) in [6.07, 6.45) is -0.884. The predicted octanol–water partition coefficient (Wildman–Crippen LogP) is 3.69. The maximum Gasteiger partial charge on any atom is 0.411 e. The van der Waals surface area contributed by atoms with Gasteiger partial charge in [-0.15, -0.1) is 0 Å². The van der Waals surface area contributed by atoms with Gasteiger partial charge >= 0.3 is 6.09 Å². The molecule has 2 rings (SSSR count). The van der Waals surface area contributed by atoms with Gasteiger partial charge in [-0.3, -0.25) is 5.32 Å². The number of fused-ring (bicyclic) bond motifs is 1. The Hall–Kier alpha value is -2.17. The second-order valence-corrected chi connectivity index (χ2v) is 3.61. The highest BCUT2D eigenvalue weighted by atomic mass is 19.1. The maximum absolute atomic E-state index is 14.0. The van der Waals surface area contributed by atoms with Gasteiger partial charge in [-0.05, 0) is 18.4 Å². The lowest BCUT2D eigenvalue weighted by molar-refractivity contribution is 0.167. The van der Waals surface area contributed by atoms with Crippen LogP contribution < -0.4 is 5.32 Å². The summed E-state index contributed by atoms with van der Waals surface area (Å²) in [5, 5.41) is 2.73. The van der Waals surface area contributed by atoms with Crippen molar-refractivity contribution in [3.63, 3.8) is 0 Å². The van der Waals surface area contributed by atoms with Crippen LogP contribution in [0, 0.1) is 11.6 Å². The van der Waals surface area contributed by atoms with Crippen LogP contribution >= 0.6 is 0 Å². The highest BCUT2D eigenvalue weighted by molar-refractivity contribution is 5.92. The van der Waals surface area contributed by atoms with Crippen molar-refractivity contribution in [3.05, 3.63) is 42.0 Å². The van der Waals surface area contributed by atoms with Crippen molar-refractivity contribution in [1.82, 2.24) is 0 Å². The van der Waals surface area contributed by atoms with Gasteiger partial charge in [0.05, 0.1) is 6.61 Å². The molecule has 0 saturated carbocycles. The molecule has 1 N–H and O–H groups in total. The fraction of sp³-hybridized carbons (Fsp3) is 0.154. The van der Waals surface area contributed by atoms with Gasteiger partial charge in [-0.2, -0.15) is 0 Å². The molecule has 0 atom stereocenters. The van der Waals surface area contributed by atoms with E-state index in [-0.39, 0.29) is 12.0 Å². The molecule has 1 amide bonds. The first kappa shape index (κ1) is 12.3. The molecule has 5 heteroatoms. The van der Waals surface area contributed by atoms with Crippen molar-refractivity contribution in [3.8, 4) is 0 Å². The lowest BCUT2D eigenvalue weighted by atomic mass is 10.1. The van der Waals surface area contributed by atoms with Crippen LogP contribution in [-0.2, 0) is 4.74 Å². The second-order valence-electron chi connectivity index (χ2n) is 3.61. The minimum absolute atomic E-state index is 0.128. The van der Waals surface area contributed by atoms with E-state index in [1.165, 1.54) is 12.1 Å². The van der Waals surface area contributed by atoms with Crippen molar-refractivity contribution < 1.29 is 18.3 Å². The van der Waals surface area contributed by atoms with E-state index in [1.54, 1.807) is 25.1 Å². The van der Waals surface area contributed by atoms with E-state index in [0.29, 0.717) is 5.39 Å². The number of anilines is 1. The summed E-state index contributed by atoms with van der Waals surface area (Å²) in [6.45, 7) is 1.73. The predicted molar refractivity (Wildman–Crippen MR) is 64.5 cm³/mol. The Morgan fingerprint density at radius 1 is 1.33 bits per heavy atom. The van der Waals surface area contributed by atoms with Gasteiger partial charge < -0.3 is 4.74 Å². The number of hydrogen-bond donors (Lipinski definition) is 1. The zero-order valence-corrected chi connectivity index (χ0v) is 9.67. The molecule has 0 radical (unpaired) electrons. The summed E-state index contributed by atoms with van der Waals surface area (Å²) in [6, 6.07) is 7.59.